The first-order valence-corrected chi connectivity index (χ1v) is 7.55. The van der Waals surface area contributed by atoms with Crippen LogP contribution in [0, 0.1) is 3.57 Å². The van der Waals surface area contributed by atoms with E-state index in [-0.39, 0.29) is 5.41 Å². The first-order chi connectivity index (χ1) is 8.39. The van der Waals surface area contributed by atoms with Crippen LogP contribution in [0.4, 0.5) is 0 Å². The molecule has 0 bridgehead atoms. The van der Waals surface area contributed by atoms with Crippen molar-refractivity contribution in [1.29, 1.82) is 0 Å². The molecule has 2 nitrogen and oxygen atoms in total. The van der Waals surface area contributed by atoms with Crippen molar-refractivity contribution in [2.24, 2.45) is 0 Å². The summed E-state index contributed by atoms with van der Waals surface area (Å²) in [5.41, 5.74) is 2.65. The normalized spacial score (nSPS) is 19.2. The Morgan fingerprint density at radius 2 is 1.83 bits per heavy atom. The molecule has 1 aliphatic rings. The van der Waals surface area contributed by atoms with E-state index < -0.39 is 5.79 Å². The van der Waals surface area contributed by atoms with Gasteiger partial charge in [0, 0.05) is 15.6 Å². The lowest BCUT2D eigenvalue weighted by atomic mass is 9.85. The first-order valence-electron chi connectivity index (χ1n) is 6.47. The number of rotatable bonds is 2. The second-order valence-corrected chi connectivity index (χ2v) is 6.91. The topological polar surface area (TPSA) is 18.5 Å². The van der Waals surface area contributed by atoms with Gasteiger partial charge in [-0.1, -0.05) is 33.8 Å². The molecule has 2 rings (SSSR count). The van der Waals surface area contributed by atoms with Crippen molar-refractivity contribution in [3.63, 3.8) is 0 Å². The highest BCUT2D eigenvalue weighted by Gasteiger charge is 2.38. The molecule has 0 N–H and O–H groups in total. The Bertz CT molecular complexity index is 429. The molecule has 0 unspecified atom stereocenters. The van der Waals surface area contributed by atoms with Crippen LogP contribution in [0.1, 0.15) is 45.2 Å². The van der Waals surface area contributed by atoms with Gasteiger partial charge in [-0.2, -0.15) is 0 Å². The van der Waals surface area contributed by atoms with E-state index >= 15 is 0 Å². The van der Waals surface area contributed by atoms with Crippen LogP contribution < -0.4 is 0 Å². The van der Waals surface area contributed by atoms with Crippen molar-refractivity contribution < 1.29 is 9.47 Å². The van der Waals surface area contributed by atoms with Gasteiger partial charge >= 0.3 is 0 Å². The molecule has 0 saturated carbocycles. The van der Waals surface area contributed by atoms with E-state index in [0.29, 0.717) is 13.2 Å². The molecular weight excluding hydrogens is 339 g/mol. The maximum Gasteiger partial charge on any atom is 0.195 e. The van der Waals surface area contributed by atoms with Crippen LogP contribution in [-0.2, 0) is 20.7 Å². The quantitative estimate of drug-likeness (QED) is 0.736. The molecule has 1 saturated heterocycles. The second-order valence-electron chi connectivity index (χ2n) is 5.75. The lowest BCUT2D eigenvalue weighted by molar-refractivity contribution is -0.168. The first kappa shape index (κ1) is 14.3. The number of hydrogen-bond acceptors (Lipinski definition) is 2. The fourth-order valence-corrected chi connectivity index (χ4v) is 3.03. The van der Waals surface area contributed by atoms with E-state index in [1.807, 2.05) is 0 Å². The van der Waals surface area contributed by atoms with Gasteiger partial charge in [0.2, 0.25) is 0 Å². The summed E-state index contributed by atoms with van der Waals surface area (Å²) in [6, 6.07) is 6.61. The second kappa shape index (κ2) is 5.10. The van der Waals surface area contributed by atoms with Gasteiger partial charge in [0.15, 0.2) is 5.79 Å². The fraction of sp³-hybridized carbons (Fsp3) is 0.600. The van der Waals surface area contributed by atoms with Gasteiger partial charge in [-0.15, -0.1) is 0 Å². The summed E-state index contributed by atoms with van der Waals surface area (Å²) < 4.78 is 13.0. The predicted octanol–water partition coefficient (Wildman–Crippen LogP) is 4.20. The number of hydrogen-bond donors (Lipinski definition) is 0. The maximum atomic E-state index is 5.90. The highest BCUT2D eigenvalue weighted by molar-refractivity contribution is 14.1. The fourth-order valence-electron chi connectivity index (χ4n) is 2.29. The lowest BCUT2D eigenvalue weighted by Crippen LogP contribution is -2.28. The summed E-state index contributed by atoms with van der Waals surface area (Å²) in [6.45, 7) is 10.2. The van der Waals surface area contributed by atoms with Crippen LogP contribution >= 0.6 is 22.6 Å². The Balaban J connectivity index is 2.49. The van der Waals surface area contributed by atoms with Crippen LogP contribution in [0.2, 0.25) is 0 Å². The molecule has 0 aromatic heterocycles. The van der Waals surface area contributed by atoms with Crippen LogP contribution in [0.15, 0.2) is 18.2 Å². The minimum Gasteiger partial charge on any atom is -0.343 e. The molecule has 0 atom stereocenters. The summed E-state index contributed by atoms with van der Waals surface area (Å²) in [5, 5.41) is 0. The zero-order valence-corrected chi connectivity index (χ0v) is 13.7. The van der Waals surface area contributed by atoms with Crippen molar-refractivity contribution in [2.75, 3.05) is 13.2 Å². The molecule has 0 aliphatic carbocycles. The zero-order chi connectivity index (χ0) is 13.4. The predicted molar refractivity (Wildman–Crippen MR) is 81.7 cm³/mol. The average Bonchev–Trinajstić information content (AvgIpc) is 2.77. The zero-order valence-electron chi connectivity index (χ0n) is 11.5. The molecule has 1 aromatic carbocycles. The molecule has 3 heteroatoms. The minimum absolute atomic E-state index is 0.145. The van der Waals surface area contributed by atoms with E-state index in [1.54, 1.807) is 0 Å². The SMILES string of the molecule is CCC1(c2cc(C(C)(C)C)ccc2I)OCCO1. The van der Waals surface area contributed by atoms with Crippen molar-refractivity contribution in [3.8, 4) is 0 Å². The minimum atomic E-state index is -0.530. The smallest absolute Gasteiger partial charge is 0.195 e. The highest BCUT2D eigenvalue weighted by atomic mass is 127. The number of ether oxygens (including phenoxy) is 2. The van der Waals surface area contributed by atoms with Gasteiger partial charge in [0.05, 0.1) is 13.2 Å². The van der Waals surface area contributed by atoms with Gasteiger partial charge in [-0.3, -0.25) is 0 Å². The van der Waals surface area contributed by atoms with Gasteiger partial charge in [0.1, 0.15) is 0 Å². The van der Waals surface area contributed by atoms with Crippen molar-refractivity contribution in [3.05, 3.63) is 32.9 Å². The molecule has 18 heavy (non-hydrogen) atoms. The molecule has 0 amide bonds. The van der Waals surface area contributed by atoms with E-state index in [1.165, 1.54) is 14.7 Å². The van der Waals surface area contributed by atoms with Gasteiger partial charge in [-0.05, 0) is 45.7 Å². The molecule has 0 spiro atoms. The summed E-state index contributed by atoms with van der Waals surface area (Å²) in [5.74, 6) is -0.530. The summed E-state index contributed by atoms with van der Waals surface area (Å²) in [6.07, 6.45) is 0.844. The Hall–Kier alpha value is -0.130. The van der Waals surface area contributed by atoms with Gasteiger partial charge < -0.3 is 9.47 Å². The standard InChI is InChI=1S/C15H21IO2/c1-5-15(17-8-9-18-15)12-10-11(14(2,3)4)6-7-13(12)16/h6-7,10H,5,8-9H2,1-4H3. The van der Waals surface area contributed by atoms with Gasteiger partial charge in [0.25, 0.3) is 0 Å². The third-order valence-corrected chi connectivity index (χ3v) is 4.40. The molecule has 0 radical (unpaired) electrons. The Morgan fingerprint density at radius 3 is 2.33 bits per heavy atom. The van der Waals surface area contributed by atoms with Crippen molar-refractivity contribution >= 4 is 22.6 Å². The van der Waals surface area contributed by atoms with Gasteiger partial charge in [-0.25, -0.2) is 0 Å². The monoisotopic (exact) mass is 360 g/mol. The third kappa shape index (κ3) is 2.58. The van der Waals surface area contributed by atoms with Crippen molar-refractivity contribution in [1.82, 2.24) is 0 Å². The van der Waals surface area contributed by atoms with Crippen LogP contribution in [0.5, 0.6) is 0 Å². The van der Waals surface area contributed by atoms with E-state index in [0.717, 1.165) is 6.42 Å². The van der Waals surface area contributed by atoms with E-state index in [2.05, 4.69) is 68.5 Å². The van der Waals surface area contributed by atoms with E-state index in [9.17, 15) is 0 Å². The highest BCUT2D eigenvalue weighted by Crippen LogP contribution is 2.39. The van der Waals surface area contributed by atoms with Crippen LogP contribution in [0.3, 0.4) is 0 Å². The summed E-state index contributed by atoms with van der Waals surface area (Å²) in [4.78, 5) is 0. The van der Waals surface area contributed by atoms with Crippen LogP contribution in [-0.4, -0.2) is 13.2 Å². The Kier molecular flexibility index (Phi) is 4.04. The van der Waals surface area contributed by atoms with Crippen LogP contribution in [0.25, 0.3) is 0 Å². The number of halogens is 1. The third-order valence-electron chi connectivity index (χ3n) is 3.46. The Labute approximate surface area is 123 Å². The molecule has 100 valence electrons. The average molecular weight is 360 g/mol. The lowest BCUT2D eigenvalue weighted by Gasteiger charge is -2.29. The largest absolute Gasteiger partial charge is 0.343 e. The molecule has 1 heterocycles. The maximum absolute atomic E-state index is 5.90. The molecular formula is C15H21IO2. The Morgan fingerprint density at radius 1 is 1.22 bits per heavy atom. The number of benzene rings is 1. The summed E-state index contributed by atoms with van der Waals surface area (Å²) >= 11 is 2.37. The molecule has 1 aliphatic heterocycles. The molecule has 1 aromatic rings. The van der Waals surface area contributed by atoms with E-state index in [4.69, 9.17) is 9.47 Å². The molecule has 1 fully saturated rings. The summed E-state index contributed by atoms with van der Waals surface area (Å²) in [7, 11) is 0. The van der Waals surface area contributed by atoms with Crippen molar-refractivity contribution in [2.45, 2.75) is 45.3 Å².